The Morgan fingerprint density at radius 2 is 1.95 bits per heavy atom. The number of primary amides is 1. The molecule has 0 spiro atoms. The van der Waals surface area contributed by atoms with Crippen molar-refractivity contribution in [2.24, 2.45) is 5.73 Å². The van der Waals surface area contributed by atoms with Crippen molar-refractivity contribution in [2.75, 3.05) is 20.1 Å². The molecule has 2 rings (SSSR count). The number of amides is 2. The van der Waals surface area contributed by atoms with Gasteiger partial charge >= 0.3 is 0 Å². The molecule has 2 N–H and O–H groups in total. The van der Waals surface area contributed by atoms with Crippen LogP contribution in [0.1, 0.15) is 30.4 Å². The first-order valence-corrected chi connectivity index (χ1v) is 7.80. The average molecular weight is 303 g/mol. The van der Waals surface area contributed by atoms with Gasteiger partial charge in [-0.15, -0.1) is 0 Å². The number of benzene rings is 1. The van der Waals surface area contributed by atoms with Gasteiger partial charge in [0.05, 0.1) is 12.6 Å². The molecule has 1 aliphatic heterocycles. The van der Waals surface area contributed by atoms with Gasteiger partial charge in [0.15, 0.2) is 0 Å². The summed E-state index contributed by atoms with van der Waals surface area (Å²) >= 11 is 0. The predicted octanol–water partition coefficient (Wildman–Crippen LogP) is 1.29. The fraction of sp³-hybridized carbons (Fsp3) is 0.529. The molecule has 120 valence electrons. The van der Waals surface area contributed by atoms with Gasteiger partial charge in [0.25, 0.3) is 0 Å². The van der Waals surface area contributed by atoms with E-state index in [9.17, 15) is 9.59 Å². The second kappa shape index (κ2) is 7.40. The van der Waals surface area contributed by atoms with E-state index in [0.717, 1.165) is 31.4 Å². The van der Waals surface area contributed by atoms with Gasteiger partial charge in [-0.05, 0) is 31.9 Å². The predicted molar refractivity (Wildman–Crippen MR) is 86.1 cm³/mol. The van der Waals surface area contributed by atoms with Crippen molar-refractivity contribution < 1.29 is 9.59 Å². The van der Waals surface area contributed by atoms with Crippen LogP contribution in [0.3, 0.4) is 0 Å². The summed E-state index contributed by atoms with van der Waals surface area (Å²) in [6.45, 7) is 3.64. The quantitative estimate of drug-likeness (QED) is 0.891. The zero-order chi connectivity index (χ0) is 16.1. The third-order valence-electron chi connectivity index (χ3n) is 4.25. The smallest absolute Gasteiger partial charge is 0.236 e. The number of rotatable bonds is 5. The van der Waals surface area contributed by atoms with Crippen LogP contribution in [0.25, 0.3) is 0 Å². The number of likely N-dealkylation sites (tertiary alicyclic amines) is 1. The minimum atomic E-state index is -0.325. The zero-order valence-corrected chi connectivity index (χ0v) is 13.4. The van der Waals surface area contributed by atoms with Crippen LogP contribution in [0.15, 0.2) is 24.3 Å². The normalized spacial score (nSPS) is 18.9. The van der Waals surface area contributed by atoms with Crippen LogP contribution in [-0.4, -0.2) is 47.8 Å². The van der Waals surface area contributed by atoms with Gasteiger partial charge in [-0.3, -0.25) is 14.5 Å². The lowest BCUT2D eigenvalue weighted by Gasteiger charge is -2.34. The molecule has 0 aromatic heterocycles. The fourth-order valence-electron chi connectivity index (χ4n) is 2.85. The van der Waals surface area contributed by atoms with Gasteiger partial charge in [0, 0.05) is 13.6 Å². The minimum Gasteiger partial charge on any atom is -0.368 e. The average Bonchev–Trinajstić information content (AvgIpc) is 2.49. The van der Waals surface area contributed by atoms with Gasteiger partial charge in [-0.2, -0.15) is 0 Å². The number of aryl methyl sites for hydroxylation is 1. The maximum Gasteiger partial charge on any atom is 0.236 e. The molecule has 2 amide bonds. The zero-order valence-electron chi connectivity index (χ0n) is 13.4. The number of carbonyl (C=O) groups is 2. The Hall–Kier alpha value is -1.88. The highest BCUT2D eigenvalue weighted by Gasteiger charge is 2.28. The lowest BCUT2D eigenvalue weighted by Crippen LogP contribution is -2.51. The van der Waals surface area contributed by atoms with E-state index >= 15 is 0 Å². The Kier molecular flexibility index (Phi) is 5.55. The van der Waals surface area contributed by atoms with Gasteiger partial charge in [0.2, 0.25) is 11.8 Å². The minimum absolute atomic E-state index is 0.0220. The summed E-state index contributed by atoms with van der Waals surface area (Å²) < 4.78 is 0. The molecule has 22 heavy (non-hydrogen) atoms. The molecule has 1 saturated heterocycles. The molecule has 1 aliphatic rings. The molecule has 1 fully saturated rings. The number of hydrogen-bond acceptors (Lipinski definition) is 3. The topological polar surface area (TPSA) is 66.6 Å². The van der Waals surface area contributed by atoms with Gasteiger partial charge in [-0.1, -0.05) is 36.2 Å². The van der Waals surface area contributed by atoms with Crippen molar-refractivity contribution in [3.8, 4) is 0 Å². The van der Waals surface area contributed by atoms with Crippen molar-refractivity contribution >= 4 is 11.8 Å². The number of hydrogen-bond donors (Lipinski definition) is 1. The monoisotopic (exact) mass is 303 g/mol. The number of carbonyl (C=O) groups excluding carboxylic acids is 2. The summed E-state index contributed by atoms with van der Waals surface area (Å²) in [5, 5.41) is 0. The Morgan fingerprint density at radius 3 is 2.59 bits per heavy atom. The molecule has 5 nitrogen and oxygen atoms in total. The maximum atomic E-state index is 12.4. The van der Waals surface area contributed by atoms with Crippen LogP contribution >= 0.6 is 0 Å². The molecular formula is C17H25N3O2. The number of piperidine rings is 1. The fourth-order valence-corrected chi connectivity index (χ4v) is 2.85. The van der Waals surface area contributed by atoms with Crippen molar-refractivity contribution in [2.45, 2.75) is 38.8 Å². The summed E-state index contributed by atoms with van der Waals surface area (Å²) in [7, 11) is 1.80. The number of likely N-dealkylation sites (N-methyl/N-ethyl adjacent to an activating group) is 1. The van der Waals surface area contributed by atoms with Crippen molar-refractivity contribution in [3.05, 3.63) is 35.4 Å². The molecule has 1 atom stereocenters. The van der Waals surface area contributed by atoms with Crippen LogP contribution < -0.4 is 5.73 Å². The van der Waals surface area contributed by atoms with Crippen LogP contribution in [0.5, 0.6) is 0 Å². The largest absolute Gasteiger partial charge is 0.368 e. The summed E-state index contributed by atoms with van der Waals surface area (Å²) in [5.41, 5.74) is 7.75. The van der Waals surface area contributed by atoms with Crippen molar-refractivity contribution in [1.82, 2.24) is 9.80 Å². The molecule has 0 unspecified atom stereocenters. The van der Waals surface area contributed by atoms with Gasteiger partial charge in [0.1, 0.15) is 0 Å². The number of nitrogens with zero attached hydrogens (tertiary/aromatic N) is 2. The maximum absolute atomic E-state index is 12.4. The van der Waals surface area contributed by atoms with E-state index in [2.05, 4.69) is 0 Å². The van der Waals surface area contributed by atoms with Crippen LogP contribution in [0, 0.1) is 6.92 Å². The summed E-state index contributed by atoms with van der Waals surface area (Å²) in [5.74, 6) is -0.303. The third-order valence-corrected chi connectivity index (χ3v) is 4.25. The SMILES string of the molecule is Cc1ccc(CN(C)C(=O)CN2CCCC[C@@H]2C(N)=O)cc1. The molecular weight excluding hydrogens is 278 g/mol. The van der Waals surface area contributed by atoms with Gasteiger partial charge < -0.3 is 10.6 Å². The van der Waals surface area contributed by atoms with Gasteiger partial charge in [-0.25, -0.2) is 0 Å². The van der Waals surface area contributed by atoms with Crippen LogP contribution in [0.2, 0.25) is 0 Å². The standard InChI is InChI=1S/C17H25N3O2/c1-13-6-8-14(9-7-13)11-19(2)16(21)12-20-10-4-3-5-15(20)17(18)22/h6-9,15H,3-5,10-12H2,1-2H3,(H2,18,22)/t15-/m1/s1. The molecule has 1 aromatic carbocycles. The highest BCUT2D eigenvalue weighted by Crippen LogP contribution is 2.17. The van der Waals surface area contributed by atoms with Crippen LogP contribution in [-0.2, 0) is 16.1 Å². The van der Waals surface area contributed by atoms with E-state index in [1.807, 2.05) is 36.1 Å². The second-order valence-electron chi connectivity index (χ2n) is 6.12. The molecule has 0 bridgehead atoms. The van der Waals surface area contributed by atoms with E-state index in [0.29, 0.717) is 6.54 Å². The molecule has 0 radical (unpaired) electrons. The Morgan fingerprint density at radius 1 is 1.27 bits per heavy atom. The second-order valence-corrected chi connectivity index (χ2v) is 6.12. The Balaban J connectivity index is 1.92. The van der Waals surface area contributed by atoms with Crippen molar-refractivity contribution in [3.63, 3.8) is 0 Å². The Labute approximate surface area is 132 Å². The lowest BCUT2D eigenvalue weighted by atomic mass is 10.0. The highest BCUT2D eigenvalue weighted by molar-refractivity contribution is 5.82. The van der Waals surface area contributed by atoms with E-state index in [1.165, 1.54) is 5.56 Å². The summed E-state index contributed by atoms with van der Waals surface area (Å²) in [4.78, 5) is 27.5. The van der Waals surface area contributed by atoms with E-state index in [4.69, 9.17) is 5.73 Å². The highest BCUT2D eigenvalue weighted by atomic mass is 16.2. The van der Waals surface area contributed by atoms with E-state index < -0.39 is 0 Å². The first-order valence-electron chi connectivity index (χ1n) is 7.80. The number of nitrogens with two attached hydrogens (primary N) is 1. The van der Waals surface area contributed by atoms with Crippen molar-refractivity contribution in [1.29, 1.82) is 0 Å². The molecule has 1 heterocycles. The molecule has 5 heteroatoms. The van der Waals surface area contributed by atoms with E-state index in [1.54, 1.807) is 11.9 Å². The third kappa shape index (κ3) is 4.31. The summed E-state index contributed by atoms with van der Waals surface area (Å²) in [6, 6.07) is 7.85. The van der Waals surface area contributed by atoms with E-state index in [-0.39, 0.29) is 24.4 Å². The Bertz CT molecular complexity index is 527. The molecule has 1 aromatic rings. The van der Waals surface area contributed by atoms with Crippen LogP contribution in [0.4, 0.5) is 0 Å². The molecule has 0 aliphatic carbocycles. The lowest BCUT2D eigenvalue weighted by molar-refractivity contribution is -0.134. The molecule has 0 saturated carbocycles. The first kappa shape index (κ1) is 16.5. The first-order chi connectivity index (χ1) is 10.5. The summed E-state index contributed by atoms with van der Waals surface area (Å²) in [6.07, 6.45) is 2.76.